The summed E-state index contributed by atoms with van der Waals surface area (Å²) in [6, 6.07) is 7.41. The van der Waals surface area contributed by atoms with Gasteiger partial charge in [0.25, 0.3) is 0 Å². The average Bonchev–Trinajstić information content (AvgIpc) is 2.25. The van der Waals surface area contributed by atoms with Gasteiger partial charge in [-0.25, -0.2) is 0 Å². The average molecular weight is 248 g/mol. The maximum atomic E-state index is 11.7. The molecule has 1 aromatic rings. The van der Waals surface area contributed by atoms with E-state index < -0.39 is 0 Å². The third kappa shape index (κ3) is 3.47. The number of hydrogen-bond donors (Lipinski definition) is 3. The molecule has 3 N–H and O–H groups in total. The van der Waals surface area contributed by atoms with Gasteiger partial charge >= 0.3 is 0 Å². The van der Waals surface area contributed by atoms with Crippen LogP contribution in [0.25, 0.3) is 0 Å². The first-order valence-electron chi connectivity index (χ1n) is 6.44. The number of phenolic OH excluding ortho intramolecular Hbond substituents is 1. The van der Waals surface area contributed by atoms with E-state index in [1.54, 1.807) is 12.1 Å². The molecule has 0 aromatic heterocycles. The Labute approximate surface area is 107 Å². The Bertz CT molecular complexity index is 399. The molecule has 0 saturated carbocycles. The standard InChI is InChI=1S/C14H20N2O2/c1-10(16-14(18)12-8-15-9-12)2-3-11-4-6-13(17)7-5-11/h4-7,10,12,15,17H,2-3,8-9H2,1H3,(H,16,18). The molecule has 0 bridgehead atoms. The Hall–Kier alpha value is -1.55. The molecule has 0 spiro atoms. The van der Waals surface area contributed by atoms with E-state index in [-0.39, 0.29) is 23.6 Å². The lowest BCUT2D eigenvalue weighted by Crippen LogP contribution is -2.52. The number of aryl methyl sites for hydroxylation is 1. The summed E-state index contributed by atoms with van der Waals surface area (Å²) in [7, 11) is 0. The van der Waals surface area contributed by atoms with E-state index in [1.165, 1.54) is 5.56 Å². The summed E-state index contributed by atoms with van der Waals surface area (Å²) < 4.78 is 0. The molecule has 1 aliphatic heterocycles. The van der Waals surface area contributed by atoms with Gasteiger partial charge in [-0.2, -0.15) is 0 Å². The number of benzene rings is 1. The van der Waals surface area contributed by atoms with Crippen molar-refractivity contribution in [2.45, 2.75) is 25.8 Å². The highest BCUT2D eigenvalue weighted by atomic mass is 16.3. The monoisotopic (exact) mass is 248 g/mol. The molecule has 4 nitrogen and oxygen atoms in total. The number of hydrogen-bond acceptors (Lipinski definition) is 3. The van der Waals surface area contributed by atoms with Crippen LogP contribution < -0.4 is 10.6 Å². The molecule has 0 aliphatic carbocycles. The van der Waals surface area contributed by atoms with Crippen molar-refractivity contribution in [3.05, 3.63) is 29.8 Å². The fourth-order valence-corrected chi connectivity index (χ4v) is 1.95. The molecular formula is C14H20N2O2. The fraction of sp³-hybridized carbons (Fsp3) is 0.500. The Morgan fingerprint density at radius 1 is 1.44 bits per heavy atom. The smallest absolute Gasteiger partial charge is 0.225 e. The van der Waals surface area contributed by atoms with Crippen molar-refractivity contribution in [3.8, 4) is 5.75 Å². The first-order chi connectivity index (χ1) is 8.65. The second-order valence-electron chi connectivity index (χ2n) is 4.97. The number of nitrogens with one attached hydrogen (secondary N) is 2. The Morgan fingerprint density at radius 2 is 2.11 bits per heavy atom. The highest BCUT2D eigenvalue weighted by Crippen LogP contribution is 2.12. The SMILES string of the molecule is CC(CCc1ccc(O)cc1)NC(=O)C1CNC1. The van der Waals surface area contributed by atoms with Crippen LogP contribution in [0.1, 0.15) is 18.9 Å². The van der Waals surface area contributed by atoms with Gasteiger partial charge in [0.2, 0.25) is 5.91 Å². The minimum Gasteiger partial charge on any atom is -0.508 e. The van der Waals surface area contributed by atoms with Crippen LogP contribution in [0.2, 0.25) is 0 Å². The highest BCUT2D eigenvalue weighted by molar-refractivity contribution is 5.80. The Balaban J connectivity index is 1.72. The van der Waals surface area contributed by atoms with Crippen molar-refractivity contribution < 1.29 is 9.90 Å². The van der Waals surface area contributed by atoms with E-state index in [0.717, 1.165) is 25.9 Å². The molecule has 1 fully saturated rings. The van der Waals surface area contributed by atoms with E-state index in [0.29, 0.717) is 0 Å². The zero-order valence-electron chi connectivity index (χ0n) is 10.6. The van der Waals surface area contributed by atoms with Gasteiger partial charge in [0, 0.05) is 19.1 Å². The van der Waals surface area contributed by atoms with Crippen molar-refractivity contribution >= 4 is 5.91 Å². The molecule has 2 rings (SSSR count). The third-order valence-corrected chi connectivity index (χ3v) is 3.34. The fourth-order valence-electron chi connectivity index (χ4n) is 1.95. The van der Waals surface area contributed by atoms with Gasteiger partial charge in [-0.05, 0) is 37.5 Å². The topological polar surface area (TPSA) is 61.4 Å². The molecule has 1 atom stereocenters. The molecule has 1 unspecified atom stereocenters. The zero-order chi connectivity index (χ0) is 13.0. The largest absolute Gasteiger partial charge is 0.508 e. The number of carbonyl (C=O) groups excluding carboxylic acids is 1. The predicted molar refractivity (Wildman–Crippen MR) is 70.4 cm³/mol. The number of carbonyl (C=O) groups is 1. The number of aromatic hydroxyl groups is 1. The summed E-state index contributed by atoms with van der Waals surface area (Å²) in [6.45, 7) is 3.64. The second kappa shape index (κ2) is 5.87. The van der Waals surface area contributed by atoms with Gasteiger partial charge in [-0.15, -0.1) is 0 Å². The van der Waals surface area contributed by atoms with Gasteiger partial charge in [-0.3, -0.25) is 4.79 Å². The molecule has 1 heterocycles. The molecule has 18 heavy (non-hydrogen) atoms. The van der Waals surface area contributed by atoms with Gasteiger partial charge < -0.3 is 15.7 Å². The lowest BCUT2D eigenvalue weighted by atomic mass is 10.0. The van der Waals surface area contributed by atoms with Crippen LogP contribution in [0.15, 0.2) is 24.3 Å². The normalized spacial score (nSPS) is 16.9. The maximum absolute atomic E-state index is 11.7. The van der Waals surface area contributed by atoms with Crippen LogP contribution in [-0.4, -0.2) is 30.1 Å². The van der Waals surface area contributed by atoms with Gasteiger partial charge in [-0.1, -0.05) is 12.1 Å². The van der Waals surface area contributed by atoms with Gasteiger partial charge in [0.1, 0.15) is 5.75 Å². The summed E-state index contributed by atoms with van der Waals surface area (Å²) in [5, 5.41) is 15.3. The predicted octanol–water partition coefficient (Wildman–Crippen LogP) is 1.05. The number of rotatable bonds is 5. The van der Waals surface area contributed by atoms with Crippen molar-refractivity contribution in [1.29, 1.82) is 0 Å². The van der Waals surface area contributed by atoms with E-state index in [4.69, 9.17) is 0 Å². The number of phenols is 1. The Kier molecular flexibility index (Phi) is 4.20. The molecule has 0 radical (unpaired) electrons. The summed E-state index contributed by atoms with van der Waals surface area (Å²) in [6.07, 6.45) is 1.82. The van der Waals surface area contributed by atoms with Crippen molar-refractivity contribution in [2.24, 2.45) is 5.92 Å². The minimum absolute atomic E-state index is 0.154. The molecule has 98 valence electrons. The first kappa shape index (κ1) is 12.9. The van der Waals surface area contributed by atoms with Gasteiger partial charge in [0.15, 0.2) is 0 Å². The lowest BCUT2D eigenvalue weighted by Gasteiger charge is -2.27. The highest BCUT2D eigenvalue weighted by Gasteiger charge is 2.25. The van der Waals surface area contributed by atoms with Crippen LogP contribution in [0.4, 0.5) is 0 Å². The summed E-state index contributed by atoms with van der Waals surface area (Å²) in [4.78, 5) is 11.7. The van der Waals surface area contributed by atoms with E-state index in [9.17, 15) is 9.90 Å². The first-order valence-corrected chi connectivity index (χ1v) is 6.44. The second-order valence-corrected chi connectivity index (χ2v) is 4.97. The number of amides is 1. The van der Waals surface area contributed by atoms with Crippen molar-refractivity contribution in [3.63, 3.8) is 0 Å². The summed E-state index contributed by atoms with van der Waals surface area (Å²) in [5.41, 5.74) is 1.18. The maximum Gasteiger partial charge on any atom is 0.225 e. The van der Waals surface area contributed by atoms with E-state index in [1.807, 2.05) is 19.1 Å². The minimum atomic E-state index is 0.154. The molecule has 1 aliphatic rings. The molecular weight excluding hydrogens is 228 g/mol. The van der Waals surface area contributed by atoms with Crippen LogP contribution in [0, 0.1) is 5.92 Å². The molecule has 1 aromatic carbocycles. The van der Waals surface area contributed by atoms with Crippen LogP contribution >= 0.6 is 0 Å². The summed E-state index contributed by atoms with van der Waals surface area (Å²) in [5.74, 6) is 0.602. The lowest BCUT2D eigenvalue weighted by molar-refractivity contribution is -0.127. The summed E-state index contributed by atoms with van der Waals surface area (Å²) >= 11 is 0. The van der Waals surface area contributed by atoms with Crippen LogP contribution in [-0.2, 0) is 11.2 Å². The van der Waals surface area contributed by atoms with Crippen LogP contribution in [0.3, 0.4) is 0 Å². The Morgan fingerprint density at radius 3 is 2.67 bits per heavy atom. The van der Waals surface area contributed by atoms with Crippen molar-refractivity contribution in [1.82, 2.24) is 10.6 Å². The molecule has 1 amide bonds. The van der Waals surface area contributed by atoms with Crippen molar-refractivity contribution in [2.75, 3.05) is 13.1 Å². The molecule has 4 heteroatoms. The zero-order valence-corrected chi connectivity index (χ0v) is 10.6. The van der Waals surface area contributed by atoms with E-state index in [2.05, 4.69) is 10.6 Å². The van der Waals surface area contributed by atoms with E-state index >= 15 is 0 Å². The third-order valence-electron chi connectivity index (χ3n) is 3.34. The van der Waals surface area contributed by atoms with Crippen LogP contribution in [0.5, 0.6) is 5.75 Å². The quantitative estimate of drug-likeness (QED) is 0.730. The van der Waals surface area contributed by atoms with Gasteiger partial charge in [0.05, 0.1) is 5.92 Å². The molecule has 1 saturated heterocycles.